The molecule has 34 heavy (non-hydrogen) atoms. The van der Waals surface area contributed by atoms with Crippen LogP contribution in [0.5, 0.6) is 5.75 Å². The molecular formula is C24H21F3N2O4S. The quantitative estimate of drug-likeness (QED) is 0.579. The molecule has 3 aromatic carbocycles. The predicted molar refractivity (Wildman–Crippen MR) is 120 cm³/mol. The number of anilines is 1. The lowest BCUT2D eigenvalue weighted by Crippen LogP contribution is -2.50. The maximum absolute atomic E-state index is 13.3. The standard InChI is InChI=1S/C24H21F3N2O4S/c1-16-10-11-20-21(12-16)33-22(15-29(20)34(31,32)19-8-3-2-4-9-19)23(30)28-14-17-6-5-7-18(13-17)24(25,26)27/h2-13,22H,14-15H2,1H3,(H,28,30)/t22-/m1/s1. The Morgan fingerprint density at radius 3 is 2.50 bits per heavy atom. The van der Waals surface area contributed by atoms with Crippen LogP contribution in [0.25, 0.3) is 0 Å². The van der Waals surface area contributed by atoms with Crippen molar-refractivity contribution in [3.63, 3.8) is 0 Å². The molecule has 1 heterocycles. The van der Waals surface area contributed by atoms with E-state index in [4.69, 9.17) is 4.74 Å². The zero-order valence-corrected chi connectivity index (χ0v) is 18.9. The van der Waals surface area contributed by atoms with Crippen LogP contribution in [0.3, 0.4) is 0 Å². The van der Waals surface area contributed by atoms with Crippen molar-refractivity contribution in [3.05, 3.63) is 89.5 Å². The molecule has 0 fully saturated rings. The first-order valence-corrected chi connectivity index (χ1v) is 11.8. The molecule has 4 rings (SSSR count). The van der Waals surface area contributed by atoms with E-state index in [1.54, 1.807) is 43.3 Å². The summed E-state index contributed by atoms with van der Waals surface area (Å²) in [5, 5.41) is 2.55. The summed E-state index contributed by atoms with van der Waals surface area (Å²) in [6.07, 6.45) is -5.70. The second-order valence-electron chi connectivity index (χ2n) is 7.84. The highest BCUT2D eigenvalue weighted by Gasteiger charge is 2.37. The van der Waals surface area contributed by atoms with E-state index >= 15 is 0 Å². The highest BCUT2D eigenvalue weighted by molar-refractivity contribution is 7.92. The zero-order chi connectivity index (χ0) is 24.5. The number of alkyl halides is 3. The van der Waals surface area contributed by atoms with Crippen LogP contribution in [0.4, 0.5) is 18.9 Å². The van der Waals surface area contributed by atoms with Gasteiger partial charge in [-0.25, -0.2) is 8.42 Å². The number of hydrogen-bond donors (Lipinski definition) is 1. The van der Waals surface area contributed by atoms with Crippen LogP contribution in [0.2, 0.25) is 0 Å². The summed E-state index contributed by atoms with van der Waals surface area (Å²) >= 11 is 0. The van der Waals surface area contributed by atoms with Gasteiger partial charge in [-0.1, -0.05) is 36.4 Å². The second-order valence-corrected chi connectivity index (χ2v) is 9.71. The van der Waals surface area contributed by atoms with Crippen molar-refractivity contribution in [1.82, 2.24) is 5.32 Å². The molecule has 3 aromatic rings. The maximum atomic E-state index is 13.3. The Morgan fingerprint density at radius 2 is 1.79 bits per heavy atom. The van der Waals surface area contributed by atoms with Gasteiger partial charge in [0.25, 0.3) is 15.9 Å². The molecule has 0 spiro atoms. The monoisotopic (exact) mass is 490 g/mol. The number of halogens is 3. The third kappa shape index (κ3) is 4.86. The molecule has 178 valence electrons. The van der Waals surface area contributed by atoms with Gasteiger partial charge in [0.15, 0.2) is 6.10 Å². The van der Waals surface area contributed by atoms with Crippen LogP contribution in [-0.4, -0.2) is 27.0 Å². The fourth-order valence-electron chi connectivity index (χ4n) is 3.61. The molecule has 0 aliphatic carbocycles. The largest absolute Gasteiger partial charge is 0.476 e. The summed E-state index contributed by atoms with van der Waals surface area (Å²) in [7, 11) is -4.00. The molecule has 0 saturated carbocycles. The molecule has 6 nitrogen and oxygen atoms in total. The summed E-state index contributed by atoms with van der Waals surface area (Å²) in [5.41, 5.74) is 0.541. The van der Waals surface area contributed by atoms with E-state index in [9.17, 15) is 26.4 Å². The van der Waals surface area contributed by atoms with E-state index in [2.05, 4.69) is 5.32 Å². The summed E-state index contributed by atoms with van der Waals surface area (Å²) in [6.45, 7) is 1.34. The number of hydrogen-bond acceptors (Lipinski definition) is 4. The third-order valence-corrected chi connectivity index (χ3v) is 7.12. The molecule has 0 aromatic heterocycles. The van der Waals surface area contributed by atoms with Crippen LogP contribution in [-0.2, 0) is 27.5 Å². The second kappa shape index (κ2) is 9.02. The molecule has 0 radical (unpaired) electrons. The number of carbonyl (C=O) groups excluding carboxylic acids is 1. The summed E-state index contributed by atoms with van der Waals surface area (Å²) in [6, 6.07) is 17.4. The number of nitrogens with zero attached hydrogens (tertiary/aromatic N) is 1. The van der Waals surface area contributed by atoms with E-state index in [0.717, 1.165) is 22.0 Å². The fraction of sp³-hybridized carbons (Fsp3) is 0.208. The zero-order valence-electron chi connectivity index (χ0n) is 18.0. The number of aryl methyl sites for hydroxylation is 1. The number of carbonyl (C=O) groups is 1. The lowest BCUT2D eigenvalue weighted by Gasteiger charge is -2.35. The lowest BCUT2D eigenvalue weighted by atomic mass is 10.1. The first-order chi connectivity index (χ1) is 16.1. The van der Waals surface area contributed by atoms with Gasteiger partial charge in [-0.2, -0.15) is 13.2 Å². The molecule has 1 aliphatic rings. The van der Waals surface area contributed by atoms with E-state index in [-0.39, 0.29) is 29.3 Å². The van der Waals surface area contributed by atoms with Crippen molar-refractivity contribution in [1.29, 1.82) is 0 Å². The van der Waals surface area contributed by atoms with Gasteiger partial charge in [-0.15, -0.1) is 0 Å². The molecule has 10 heteroatoms. The van der Waals surface area contributed by atoms with Gasteiger partial charge in [0.2, 0.25) is 0 Å². The van der Waals surface area contributed by atoms with E-state index in [1.807, 2.05) is 0 Å². The van der Waals surface area contributed by atoms with E-state index < -0.39 is 33.8 Å². The smallest absolute Gasteiger partial charge is 0.416 e. The topological polar surface area (TPSA) is 75.7 Å². The molecule has 1 N–H and O–H groups in total. The van der Waals surface area contributed by atoms with Gasteiger partial charge in [0, 0.05) is 6.54 Å². The number of amides is 1. The first-order valence-electron chi connectivity index (χ1n) is 10.3. The van der Waals surface area contributed by atoms with Crippen LogP contribution < -0.4 is 14.4 Å². The maximum Gasteiger partial charge on any atom is 0.416 e. The number of rotatable bonds is 5. The predicted octanol–water partition coefficient (Wildman–Crippen LogP) is 4.29. The Morgan fingerprint density at radius 1 is 1.06 bits per heavy atom. The fourth-order valence-corrected chi connectivity index (χ4v) is 5.10. The average Bonchev–Trinajstić information content (AvgIpc) is 2.81. The van der Waals surface area contributed by atoms with Crippen LogP contribution >= 0.6 is 0 Å². The minimum Gasteiger partial charge on any atom is -0.476 e. The summed E-state index contributed by atoms with van der Waals surface area (Å²) in [4.78, 5) is 12.9. The molecule has 1 amide bonds. The highest BCUT2D eigenvalue weighted by atomic mass is 32.2. The van der Waals surface area contributed by atoms with Crippen molar-refractivity contribution >= 4 is 21.6 Å². The third-order valence-electron chi connectivity index (χ3n) is 5.33. The summed E-state index contributed by atoms with van der Waals surface area (Å²) in [5.74, 6) is -0.414. The van der Waals surface area contributed by atoms with E-state index in [1.165, 1.54) is 24.3 Å². The van der Waals surface area contributed by atoms with Crippen molar-refractivity contribution in [2.45, 2.75) is 30.6 Å². The van der Waals surface area contributed by atoms with Gasteiger partial charge < -0.3 is 10.1 Å². The van der Waals surface area contributed by atoms with Crippen LogP contribution in [0, 0.1) is 6.92 Å². The number of benzene rings is 3. The first kappa shape index (κ1) is 23.6. The number of ether oxygens (including phenoxy) is 1. The van der Waals surface area contributed by atoms with Crippen LogP contribution in [0.15, 0.2) is 77.7 Å². The number of fused-ring (bicyclic) bond motifs is 1. The van der Waals surface area contributed by atoms with Crippen molar-refractivity contribution < 1.29 is 31.1 Å². The Bertz CT molecular complexity index is 1310. The molecule has 0 unspecified atom stereocenters. The minimum atomic E-state index is -4.50. The van der Waals surface area contributed by atoms with Crippen LogP contribution in [0.1, 0.15) is 16.7 Å². The molecule has 1 atom stereocenters. The Balaban J connectivity index is 1.58. The molecular weight excluding hydrogens is 469 g/mol. The number of sulfonamides is 1. The number of nitrogens with one attached hydrogen (secondary N) is 1. The van der Waals surface area contributed by atoms with Crippen molar-refractivity contribution in [3.8, 4) is 5.75 Å². The highest BCUT2D eigenvalue weighted by Crippen LogP contribution is 2.37. The SMILES string of the molecule is Cc1ccc2c(c1)O[C@@H](C(=O)NCc1cccc(C(F)(F)F)c1)CN2S(=O)(=O)c1ccccc1. The Kier molecular flexibility index (Phi) is 6.26. The lowest BCUT2D eigenvalue weighted by molar-refractivity contribution is -0.137. The minimum absolute atomic E-state index is 0.0616. The molecule has 0 saturated heterocycles. The van der Waals surface area contributed by atoms with Crippen molar-refractivity contribution in [2.75, 3.05) is 10.8 Å². The van der Waals surface area contributed by atoms with E-state index in [0.29, 0.717) is 5.69 Å². The van der Waals surface area contributed by atoms with Gasteiger partial charge in [-0.3, -0.25) is 9.10 Å². The molecule has 1 aliphatic heterocycles. The Hall–Kier alpha value is -3.53. The van der Waals surface area contributed by atoms with Gasteiger partial charge in [-0.05, 0) is 54.4 Å². The van der Waals surface area contributed by atoms with Gasteiger partial charge in [0.05, 0.1) is 22.7 Å². The summed E-state index contributed by atoms with van der Waals surface area (Å²) < 4.78 is 72.5. The van der Waals surface area contributed by atoms with Crippen molar-refractivity contribution in [2.24, 2.45) is 0 Å². The van der Waals surface area contributed by atoms with Gasteiger partial charge >= 0.3 is 6.18 Å². The average molecular weight is 491 g/mol. The normalized spacial score (nSPS) is 15.9. The van der Waals surface area contributed by atoms with Gasteiger partial charge in [0.1, 0.15) is 5.75 Å². The Labute approximate surface area is 195 Å². The molecule has 0 bridgehead atoms.